The minimum atomic E-state index is 0.210. The van der Waals surface area contributed by atoms with Gasteiger partial charge in [0.1, 0.15) is 0 Å². The second kappa shape index (κ2) is 10.5. The maximum Gasteiger partial charge on any atom is 0.0352 e. The highest BCUT2D eigenvalue weighted by atomic mass is 14.3. The first kappa shape index (κ1) is 25.7. The molecule has 0 saturated carbocycles. The molecule has 0 bridgehead atoms. The monoisotopic (exact) mass is 570 g/mol. The van der Waals surface area contributed by atoms with Gasteiger partial charge in [-0.25, -0.2) is 0 Å². The van der Waals surface area contributed by atoms with Gasteiger partial charge in [0.25, 0.3) is 0 Å². The lowest BCUT2D eigenvalue weighted by Crippen LogP contribution is -2.01. The smallest absolute Gasteiger partial charge is 0.0352 e. The Morgan fingerprint density at radius 3 is 1.58 bits per heavy atom. The number of hydrogen-bond acceptors (Lipinski definition) is 0. The normalized spacial score (nSPS) is 14.1. The molecule has 0 radical (unpaired) electrons. The summed E-state index contributed by atoms with van der Waals surface area (Å²) in [7, 11) is 0. The van der Waals surface area contributed by atoms with E-state index in [1.165, 1.54) is 82.4 Å². The number of hydrogen-bond donors (Lipinski definition) is 0. The summed E-state index contributed by atoms with van der Waals surface area (Å²) in [6, 6.07) is 62.4. The Bertz CT molecular complexity index is 2350. The number of benzene rings is 8. The molecule has 0 spiro atoms. The van der Waals surface area contributed by atoms with Gasteiger partial charge in [-0.1, -0.05) is 164 Å². The summed E-state index contributed by atoms with van der Waals surface area (Å²) in [5.41, 5.74) is 11.7. The first-order chi connectivity index (χ1) is 22.3. The average Bonchev–Trinajstić information content (AvgIpc) is 3.51. The van der Waals surface area contributed by atoms with Crippen LogP contribution in [0.15, 0.2) is 170 Å². The van der Waals surface area contributed by atoms with E-state index < -0.39 is 0 Å². The van der Waals surface area contributed by atoms with Crippen LogP contribution in [0.25, 0.3) is 66.2 Å². The molecule has 0 heterocycles. The van der Waals surface area contributed by atoms with E-state index in [9.17, 15) is 0 Å². The third kappa shape index (κ3) is 4.22. The van der Waals surface area contributed by atoms with Crippen molar-refractivity contribution < 1.29 is 0 Å². The van der Waals surface area contributed by atoms with Crippen molar-refractivity contribution in [2.75, 3.05) is 0 Å². The van der Waals surface area contributed by atoms with Crippen LogP contribution in [0.1, 0.15) is 28.2 Å². The number of rotatable bonds is 4. The van der Waals surface area contributed by atoms with Gasteiger partial charge >= 0.3 is 0 Å². The van der Waals surface area contributed by atoms with Crippen LogP contribution < -0.4 is 0 Å². The van der Waals surface area contributed by atoms with E-state index in [2.05, 4.69) is 176 Å². The van der Waals surface area contributed by atoms with Crippen molar-refractivity contribution in [2.45, 2.75) is 5.92 Å². The first-order valence-electron chi connectivity index (χ1n) is 15.7. The summed E-state index contributed by atoms with van der Waals surface area (Å²) in [5, 5.41) is 7.66. The molecule has 1 atom stereocenters. The molecule has 1 aliphatic carbocycles. The van der Waals surface area contributed by atoms with E-state index >= 15 is 0 Å². The van der Waals surface area contributed by atoms with Gasteiger partial charge in [0.2, 0.25) is 0 Å². The molecule has 0 heteroatoms. The van der Waals surface area contributed by atoms with Gasteiger partial charge in [0, 0.05) is 5.92 Å². The molecule has 0 N–H and O–H groups in total. The average molecular weight is 571 g/mol. The largest absolute Gasteiger partial charge is 0.0622 e. The lowest BCUT2D eigenvalue weighted by atomic mass is 9.83. The fourth-order valence-electron chi connectivity index (χ4n) is 7.50. The Hall–Kier alpha value is -5.72. The molecule has 210 valence electrons. The van der Waals surface area contributed by atoms with Crippen LogP contribution in [0.4, 0.5) is 0 Å². The highest BCUT2D eigenvalue weighted by molar-refractivity contribution is 6.21. The van der Waals surface area contributed by atoms with Gasteiger partial charge in [-0.15, -0.1) is 0 Å². The Morgan fingerprint density at radius 1 is 0.356 bits per heavy atom. The molecule has 45 heavy (non-hydrogen) atoms. The van der Waals surface area contributed by atoms with E-state index in [4.69, 9.17) is 0 Å². The molecule has 9 rings (SSSR count). The van der Waals surface area contributed by atoms with Crippen LogP contribution in [0.2, 0.25) is 0 Å². The third-order valence-corrected chi connectivity index (χ3v) is 9.54. The highest BCUT2D eigenvalue weighted by Gasteiger charge is 2.27. The molecule has 0 aromatic heterocycles. The molecule has 1 unspecified atom stereocenters. The van der Waals surface area contributed by atoms with E-state index in [0.717, 1.165) is 0 Å². The fraction of sp³-hybridized carbons (Fsp3) is 0.0222. The molecule has 0 nitrogen and oxygen atoms in total. The van der Waals surface area contributed by atoms with Crippen molar-refractivity contribution in [2.24, 2.45) is 0 Å². The fourth-order valence-corrected chi connectivity index (χ4v) is 7.50. The predicted octanol–water partition coefficient (Wildman–Crippen LogP) is 12.2. The molecule has 8 aromatic rings. The summed E-state index contributed by atoms with van der Waals surface area (Å²) >= 11 is 0. The summed E-state index contributed by atoms with van der Waals surface area (Å²) in [5.74, 6) is 0.210. The van der Waals surface area contributed by atoms with Crippen molar-refractivity contribution in [1.29, 1.82) is 0 Å². The van der Waals surface area contributed by atoms with Crippen molar-refractivity contribution in [3.8, 4) is 22.3 Å². The maximum atomic E-state index is 2.37. The minimum Gasteiger partial charge on any atom is -0.0622 e. The Labute approximate surface area is 263 Å². The molecule has 0 amide bonds. The number of allylic oxidation sites excluding steroid dienone is 1. The maximum absolute atomic E-state index is 2.37. The Balaban J connectivity index is 1.22. The van der Waals surface area contributed by atoms with Crippen LogP contribution in [-0.2, 0) is 0 Å². The van der Waals surface area contributed by atoms with Crippen LogP contribution in [0.3, 0.4) is 0 Å². The van der Waals surface area contributed by atoms with E-state index in [1.54, 1.807) is 0 Å². The summed E-state index contributed by atoms with van der Waals surface area (Å²) in [6.07, 6.45) is 2.37. The first-order valence-corrected chi connectivity index (χ1v) is 15.7. The summed E-state index contributed by atoms with van der Waals surface area (Å²) in [6.45, 7) is 0. The second-order valence-corrected chi connectivity index (χ2v) is 12.1. The third-order valence-electron chi connectivity index (χ3n) is 9.54. The molecular weight excluding hydrogens is 540 g/mol. The van der Waals surface area contributed by atoms with Crippen LogP contribution in [0, 0.1) is 0 Å². The SMILES string of the molecule is C1=C(c2ccccc2)C(c2ccc(-c3c4ccccc4c(-c4ccc5ccccc5c4)c4ccccc34)cc2)c2ccccc21. The van der Waals surface area contributed by atoms with Crippen LogP contribution in [0.5, 0.6) is 0 Å². The summed E-state index contributed by atoms with van der Waals surface area (Å²) in [4.78, 5) is 0. The summed E-state index contributed by atoms with van der Waals surface area (Å²) < 4.78 is 0. The van der Waals surface area contributed by atoms with Crippen molar-refractivity contribution >= 4 is 44.0 Å². The zero-order chi connectivity index (χ0) is 29.7. The lowest BCUT2D eigenvalue weighted by Gasteiger charge is -2.20. The van der Waals surface area contributed by atoms with Crippen molar-refractivity contribution in [3.05, 3.63) is 192 Å². The molecular formula is C45H30. The Kier molecular flexibility index (Phi) is 5.99. The van der Waals surface area contributed by atoms with Gasteiger partial charge in [-0.2, -0.15) is 0 Å². The Morgan fingerprint density at radius 2 is 0.889 bits per heavy atom. The van der Waals surface area contributed by atoms with Gasteiger partial charge in [0.05, 0.1) is 0 Å². The number of fused-ring (bicyclic) bond motifs is 4. The predicted molar refractivity (Wildman–Crippen MR) is 192 cm³/mol. The minimum absolute atomic E-state index is 0.210. The van der Waals surface area contributed by atoms with Crippen molar-refractivity contribution in [3.63, 3.8) is 0 Å². The second-order valence-electron chi connectivity index (χ2n) is 12.1. The topological polar surface area (TPSA) is 0 Å². The van der Waals surface area contributed by atoms with Crippen LogP contribution >= 0.6 is 0 Å². The van der Waals surface area contributed by atoms with Crippen LogP contribution in [-0.4, -0.2) is 0 Å². The van der Waals surface area contributed by atoms with E-state index in [-0.39, 0.29) is 5.92 Å². The van der Waals surface area contributed by atoms with Gasteiger partial charge in [-0.05, 0) is 94.5 Å². The lowest BCUT2D eigenvalue weighted by molar-refractivity contribution is 1.07. The molecule has 0 fully saturated rings. The molecule has 8 aromatic carbocycles. The highest BCUT2D eigenvalue weighted by Crippen LogP contribution is 2.47. The molecule has 0 aliphatic heterocycles. The van der Waals surface area contributed by atoms with E-state index in [1.807, 2.05) is 0 Å². The zero-order valence-corrected chi connectivity index (χ0v) is 24.8. The molecule has 1 aliphatic rings. The van der Waals surface area contributed by atoms with Crippen molar-refractivity contribution in [1.82, 2.24) is 0 Å². The van der Waals surface area contributed by atoms with Gasteiger partial charge < -0.3 is 0 Å². The zero-order valence-electron chi connectivity index (χ0n) is 24.8. The van der Waals surface area contributed by atoms with E-state index in [0.29, 0.717) is 0 Å². The standard InChI is InChI=1S/C45H30/c1-2-13-31(14-3-1)42-29-35-16-6-7-17-37(35)43(42)32-23-25-33(26-24-32)44-38-18-8-10-20-40(38)45(41-21-11-9-19-39(41)44)36-27-22-30-12-4-5-15-34(30)28-36/h1-29,43H. The van der Waals surface area contributed by atoms with Gasteiger partial charge in [0.15, 0.2) is 0 Å². The quantitative estimate of drug-likeness (QED) is 0.185. The molecule has 0 saturated heterocycles. The van der Waals surface area contributed by atoms with Gasteiger partial charge in [-0.3, -0.25) is 0 Å².